The molecule has 2 aromatic carbocycles. The van der Waals surface area contributed by atoms with E-state index in [9.17, 15) is 14.0 Å². The Kier molecular flexibility index (Phi) is 7.40. The van der Waals surface area contributed by atoms with Gasteiger partial charge in [-0.25, -0.2) is 13.8 Å². The van der Waals surface area contributed by atoms with Crippen LogP contribution < -0.4 is 15.4 Å². The van der Waals surface area contributed by atoms with Crippen LogP contribution in [-0.2, 0) is 16.1 Å². The molecule has 2 N–H and O–H groups in total. The van der Waals surface area contributed by atoms with Crippen molar-refractivity contribution in [3.8, 4) is 22.1 Å². The first-order valence-corrected chi connectivity index (χ1v) is 14.4. The highest BCUT2D eigenvalue weighted by Gasteiger charge is 2.57. The van der Waals surface area contributed by atoms with Gasteiger partial charge in [0.05, 0.1) is 38.5 Å². The number of primary amides is 1. The number of anilines is 2. The number of nitrogens with zero attached hydrogens (tertiary/aromatic N) is 5. The van der Waals surface area contributed by atoms with E-state index in [-0.39, 0.29) is 30.0 Å². The molecule has 2 amide bonds. The normalized spacial score (nSPS) is 13.8. The number of carbonyl (C=O) groups excluding carboxylic acids is 2. The summed E-state index contributed by atoms with van der Waals surface area (Å²) < 4.78 is 39.2. The van der Waals surface area contributed by atoms with Gasteiger partial charge in [0.15, 0.2) is 11.6 Å². The Morgan fingerprint density at radius 3 is 2.53 bits per heavy atom. The number of rotatable bonds is 10. The Morgan fingerprint density at radius 2 is 1.84 bits per heavy atom. The van der Waals surface area contributed by atoms with Gasteiger partial charge in [0.1, 0.15) is 17.0 Å². The van der Waals surface area contributed by atoms with Gasteiger partial charge in [-0.1, -0.05) is 12.1 Å². The lowest BCUT2D eigenvalue weighted by Gasteiger charge is -2.27. The van der Waals surface area contributed by atoms with Gasteiger partial charge in [0, 0.05) is 37.6 Å². The largest absolute Gasteiger partial charge is 0.453 e. The van der Waals surface area contributed by atoms with Crippen LogP contribution in [-0.4, -0.2) is 51.9 Å². The second-order valence-corrected chi connectivity index (χ2v) is 11.7. The Bertz CT molecular complexity index is 1850. The number of hydrogen-bond acceptors (Lipinski definition) is 7. The molecule has 3 heterocycles. The monoisotopic (exact) mass is 602 g/mol. The number of nitrogens with two attached hydrogens (primary N) is 1. The summed E-state index contributed by atoms with van der Waals surface area (Å²) in [5.41, 5.74) is 5.48. The predicted octanol–water partition coefficient (Wildman–Crippen LogP) is 5.72. The van der Waals surface area contributed by atoms with E-state index in [1.165, 1.54) is 41.7 Å². The molecule has 1 aliphatic rings. The molecule has 43 heavy (non-hydrogen) atoms. The van der Waals surface area contributed by atoms with Crippen LogP contribution in [0.15, 0.2) is 73.3 Å². The molecule has 0 unspecified atom stereocenters. The van der Waals surface area contributed by atoms with Crippen molar-refractivity contribution in [3.05, 3.63) is 85.0 Å². The number of carbonyl (C=O) groups is 2. The number of pyridine rings is 1. The Labute approximate surface area is 250 Å². The van der Waals surface area contributed by atoms with Crippen molar-refractivity contribution in [2.24, 2.45) is 11.1 Å². The minimum atomic E-state index is -1.45. The maximum atomic E-state index is 15.6. The SMILES string of the molecule is CN(C)CCn1cnc(-c2cc3nccc(Oc4ccc(N(C(=O)C5(C(N)=O)CC5)c5ccccc5F)cc4F)c3s2)c1. The molecule has 12 heteroatoms. The van der Waals surface area contributed by atoms with Crippen LogP contribution in [0.3, 0.4) is 0 Å². The number of likely N-dealkylation sites (N-methyl/N-ethyl adjacent to an activating group) is 1. The first-order valence-electron chi connectivity index (χ1n) is 13.6. The van der Waals surface area contributed by atoms with Crippen LogP contribution in [0.2, 0.25) is 0 Å². The van der Waals surface area contributed by atoms with Gasteiger partial charge >= 0.3 is 0 Å². The number of benzene rings is 2. The van der Waals surface area contributed by atoms with E-state index < -0.39 is 28.9 Å². The third-order valence-electron chi connectivity index (χ3n) is 7.39. The first-order chi connectivity index (χ1) is 20.7. The van der Waals surface area contributed by atoms with Crippen LogP contribution >= 0.6 is 11.3 Å². The average molecular weight is 603 g/mol. The fraction of sp³-hybridized carbons (Fsp3) is 0.226. The summed E-state index contributed by atoms with van der Waals surface area (Å²) in [6.07, 6.45) is 5.82. The topological polar surface area (TPSA) is 107 Å². The van der Waals surface area contributed by atoms with E-state index >= 15 is 4.39 Å². The maximum Gasteiger partial charge on any atom is 0.247 e. The summed E-state index contributed by atoms with van der Waals surface area (Å²) in [5, 5.41) is 0. The number of hydrogen-bond donors (Lipinski definition) is 1. The van der Waals surface area contributed by atoms with E-state index in [4.69, 9.17) is 10.5 Å². The maximum absolute atomic E-state index is 15.6. The van der Waals surface area contributed by atoms with Crippen molar-refractivity contribution in [2.75, 3.05) is 25.5 Å². The van der Waals surface area contributed by atoms with Crippen molar-refractivity contribution in [1.82, 2.24) is 19.4 Å². The van der Waals surface area contributed by atoms with Crippen molar-refractivity contribution >= 4 is 44.7 Å². The fourth-order valence-electron chi connectivity index (χ4n) is 4.78. The molecule has 6 rings (SSSR count). The molecule has 1 saturated carbocycles. The summed E-state index contributed by atoms with van der Waals surface area (Å²) in [6.45, 7) is 1.68. The molecule has 1 aliphatic carbocycles. The van der Waals surface area contributed by atoms with Gasteiger partial charge < -0.3 is 19.9 Å². The number of aromatic nitrogens is 3. The Morgan fingerprint density at radius 1 is 1.05 bits per heavy atom. The van der Waals surface area contributed by atoms with Crippen molar-refractivity contribution in [1.29, 1.82) is 0 Å². The third-order valence-corrected chi connectivity index (χ3v) is 8.55. The molecule has 0 aliphatic heterocycles. The van der Waals surface area contributed by atoms with E-state index in [0.717, 1.165) is 34.6 Å². The van der Waals surface area contributed by atoms with Crippen molar-refractivity contribution < 1.29 is 23.1 Å². The van der Waals surface area contributed by atoms with Crippen LogP contribution in [0.1, 0.15) is 12.8 Å². The molecule has 0 spiro atoms. The minimum Gasteiger partial charge on any atom is -0.453 e. The molecule has 0 bridgehead atoms. The molecule has 0 saturated heterocycles. The zero-order valence-corrected chi connectivity index (χ0v) is 24.3. The molecule has 0 atom stereocenters. The van der Waals surface area contributed by atoms with Gasteiger partial charge in [0.2, 0.25) is 11.8 Å². The Hall–Kier alpha value is -4.68. The van der Waals surface area contributed by atoms with Gasteiger partial charge in [-0.15, -0.1) is 11.3 Å². The highest BCUT2D eigenvalue weighted by Crippen LogP contribution is 2.49. The van der Waals surface area contributed by atoms with Crippen LogP contribution in [0.4, 0.5) is 20.2 Å². The third kappa shape index (κ3) is 5.46. The first kappa shape index (κ1) is 28.4. The number of fused-ring (bicyclic) bond motifs is 1. The Balaban J connectivity index is 1.30. The van der Waals surface area contributed by atoms with Crippen LogP contribution in [0, 0.1) is 17.0 Å². The second kappa shape index (κ2) is 11.2. The highest BCUT2D eigenvalue weighted by atomic mass is 32.1. The molecule has 3 aromatic heterocycles. The summed E-state index contributed by atoms with van der Waals surface area (Å²) in [5.74, 6) is -2.69. The standard InChI is InChI=1S/C31H28F2N6O3S/c1-37(2)13-14-38-17-23(36-18-38)27-16-22-28(43-27)26(9-12-35-22)42-25-8-7-19(15-21(25)33)39(24-6-4-3-5-20(24)32)30(41)31(10-11-31)29(34)40/h3-9,12,15-18H,10-11,13-14H2,1-2H3,(H2,34,40). The lowest BCUT2D eigenvalue weighted by atomic mass is 10.0. The number of halogens is 2. The average Bonchev–Trinajstić information content (AvgIpc) is 3.46. The zero-order chi connectivity index (χ0) is 30.3. The van der Waals surface area contributed by atoms with Gasteiger partial charge in [-0.05, 0) is 57.3 Å². The summed E-state index contributed by atoms with van der Waals surface area (Å²) >= 11 is 1.43. The van der Waals surface area contributed by atoms with Gasteiger partial charge in [-0.2, -0.15) is 0 Å². The number of para-hydroxylation sites is 1. The van der Waals surface area contributed by atoms with E-state index in [1.807, 2.05) is 30.9 Å². The smallest absolute Gasteiger partial charge is 0.247 e. The number of ether oxygens (including phenoxy) is 1. The van der Waals surface area contributed by atoms with E-state index in [2.05, 4.69) is 14.9 Å². The molecule has 9 nitrogen and oxygen atoms in total. The molecular formula is C31H28F2N6O3S. The highest BCUT2D eigenvalue weighted by molar-refractivity contribution is 7.22. The molecule has 5 aromatic rings. The fourth-order valence-corrected chi connectivity index (χ4v) is 5.81. The summed E-state index contributed by atoms with van der Waals surface area (Å²) in [4.78, 5) is 38.6. The predicted molar refractivity (Wildman–Crippen MR) is 160 cm³/mol. The molecule has 1 fully saturated rings. The number of imidazole rings is 1. The quantitative estimate of drug-likeness (QED) is 0.205. The lowest BCUT2D eigenvalue weighted by Crippen LogP contribution is -2.41. The van der Waals surface area contributed by atoms with Crippen molar-refractivity contribution in [3.63, 3.8) is 0 Å². The van der Waals surface area contributed by atoms with Crippen LogP contribution in [0.5, 0.6) is 11.5 Å². The molecule has 0 radical (unpaired) electrons. The minimum absolute atomic E-state index is 0.0376. The molecule has 220 valence electrons. The van der Waals surface area contributed by atoms with E-state index in [1.54, 1.807) is 24.7 Å². The summed E-state index contributed by atoms with van der Waals surface area (Å²) in [6, 6.07) is 13.0. The number of amides is 2. The molecular weight excluding hydrogens is 574 g/mol. The van der Waals surface area contributed by atoms with Gasteiger partial charge in [-0.3, -0.25) is 19.5 Å². The zero-order valence-electron chi connectivity index (χ0n) is 23.5. The van der Waals surface area contributed by atoms with Crippen molar-refractivity contribution in [2.45, 2.75) is 19.4 Å². The van der Waals surface area contributed by atoms with E-state index in [0.29, 0.717) is 16.0 Å². The lowest BCUT2D eigenvalue weighted by molar-refractivity contribution is -0.133. The second-order valence-electron chi connectivity index (χ2n) is 10.7. The van der Waals surface area contributed by atoms with Crippen LogP contribution in [0.25, 0.3) is 20.8 Å². The summed E-state index contributed by atoms with van der Waals surface area (Å²) in [7, 11) is 4.03. The number of thiophene rings is 1. The van der Waals surface area contributed by atoms with Gasteiger partial charge in [0.25, 0.3) is 0 Å².